The fraction of sp³-hybridized carbons (Fsp3) is 0. The minimum atomic E-state index is -0.533. The largest absolute Gasteiger partial charge is 0.456 e. The Kier molecular flexibility index (Phi) is 4.06. The first-order chi connectivity index (χ1) is 8.97. The normalized spacial score (nSPS) is 10.2. The fourth-order valence-electron chi connectivity index (χ4n) is 1.45. The van der Waals surface area contributed by atoms with Crippen molar-refractivity contribution in [1.82, 2.24) is 0 Å². The molecule has 0 aromatic heterocycles. The van der Waals surface area contributed by atoms with Crippen molar-refractivity contribution in [1.29, 1.82) is 0 Å². The zero-order valence-corrected chi connectivity index (χ0v) is 12.6. The standard InChI is InChI=1S/C12H8Br2N2O3/c13-7-1-4-12(9(14)5-7)19-8-2-3-11(16(17)18)10(15)6-8/h1-6H,15H2. The summed E-state index contributed by atoms with van der Waals surface area (Å²) >= 11 is 6.70. The highest BCUT2D eigenvalue weighted by Gasteiger charge is 2.12. The number of anilines is 1. The third kappa shape index (κ3) is 3.24. The first-order valence-electron chi connectivity index (χ1n) is 5.14. The zero-order valence-electron chi connectivity index (χ0n) is 9.47. The number of ether oxygens (including phenoxy) is 1. The lowest BCUT2D eigenvalue weighted by molar-refractivity contribution is -0.383. The number of nitro groups is 1. The van der Waals surface area contributed by atoms with Gasteiger partial charge in [0.2, 0.25) is 0 Å². The van der Waals surface area contributed by atoms with Crippen molar-refractivity contribution < 1.29 is 9.66 Å². The van der Waals surface area contributed by atoms with Gasteiger partial charge in [0, 0.05) is 16.6 Å². The second kappa shape index (κ2) is 5.58. The van der Waals surface area contributed by atoms with Gasteiger partial charge in [-0.25, -0.2) is 0 Å². The molecule has 0 unspecified atom stereocenters. The molecule has 0 radical (unpaired) electrons. The van der Waals surface area contributed by atoms with E-state index in [1.807, 2.05) is 12.1 Å². The first-order valence-corrected chi connectivity index (χ1v) is 6.73. The van der Waals surface area contributed by atoms with Crippen LogP contribution in [0, 0.1) is 10.1 Å². The van der Waals surface area contributed by atoms with Crippen LogP contribution in [-0.2, 0) is 0 Å². The van der Waals surface area contributed by atoms with E-state index in [1.165, 1.54) is 18.2 Å². The molecule has 2 aromatic rings. The van der Waals surface area contributed by atoms with E-state index in [4.69, 9.17) is 10.5 Å². The topological polar surface area (TPSA) is 78.4 Å². The molecule has 2 rings (SSSR count). The second-order valence-electron chi connectivity index (χ2n) is 3.65. The first kappa shape index (κ1) is 13.8. The van der Waals surface area contributed by atoms with Crippen LogP contribution in [-0.4, -0.2) is 4.92 Å². The van der Waals surface area contributed by atoms with Gasteiger partial charge < -0.3 is 10.5 Å². The molecule has 98 valence electrons. The van der Waals surface area contributed by atoms with E-state index in [9.17, 15) is 10.1 Å². The number of nitrogens with zero attached hydrogens (tertiary/aromatic N) is 1. The molecule has 0 fully saturated rings. The minimum Gasteiger partial charge on any atom is -0.456 e. The third-order valence-electron chi connectivity index (χ3n) is 2.32. The van der Waals surface area contributed by atoms with Crippen LogP contribution in [0.2, 0.25) is 0 Å². The maximum Gasteiger partial charge on any atom is 0.292 e. The Hall–Kier alpha value is -1.60. The summed E-state index contributed by atoms with van der Waals surface area (Å²) in [6.07, 6.45) is 0. The van der Waals surface area contributed by atoms with Crippen LogP contribution >= 0.6 is 31.9 Å². The summed E-state index contributed by atoms with van der Waals surface area (Å²) in [5.74, 6) is 1.03. The van der Waals surface area contributed by atoms with Gasteiger partial charge in [0.15, 0.2) is 0 Å². The van der Waals surface area contributed by atoms with Crippen molar-refractivity contribution >= 4 is 43.2 Å². The zero-order chi connectivity index (χ0) is 14.0. The summed E-state index contributed by atoms with van der Waals surface area (Å²) in [5.41, 5.74) is 5.53. The molecule has 2 N–H and O–H groups in total. The Bertz CT molecular complexity index is 647. The molecule has 0 saturated carbocycles. The number of nitrogen functional groups attached to an aromatic ring is 1. The lowest BCUT2D eigenvalue weighted by atomic mass is 10.2. The quantitative estimate of drug-likeness (QED) is 0.478. The number of hydrogen-bond donors (Lipinski definition) is 1. The van der Waals surface area contributed by atoms with E-state index < -0.39 is 4.92 Å². The van der Waals surface area contributed by atoms with Crippen LogP contribution in [0.4, 0.5) is 11.4 Å². The molecule has 0 aliphatic carbocycles. The maximum atomic E-state index is 10.7. The van der Waals surface area contributed by atoms with Crippen LogP contribution in [0.15, 0.2) is 45.3 Å². The van der Waals surface area contributed by atoms with Crippen molar-refractivity contribution in [2.24, 2.45) is 0 Å². The monoisotopic (exact) mass is 386 g/mol. The molecule has 0 aliphatic rings. The van der Waals surface area contributed by atoms with Crippen LogP contribution in [0.1, 0.15) is 0 Å². The Balaban J connectivity index is 2.29. The molecule has 19 heavy (non-hydrogen) atoms. The molecule has 2 aromatic carbocycles. The highest BCUT2D eigenvalue weighted by molar-refractivity contribution is 9.11. The summed E-state index contributed by atoms with van der Waals surface area (Å²) in [5, 5.41) is 10.7. The van der Waals surface area contributed by atoms with E-state index in [1.54, 1.807) is 6.07 Å². The lowest BCUT2D eigenvalue weighted by Crippen LogP contribution is -1.96. The highest BCUT2D eigenvalue weighted by atomic mass is 79.9. The minimum absolute atomic E-state index is 0.0655. The summed E-state index contributed by atoms with van der Waals surface area (Å²) < 4.78 is 7.28. The van der Waals surface area contributed by atoms with Crippen LogP contribution in [0.5, 0.6) is 11.5 Å². The van der Waals surface area contributed by atoms with Gasteiger partial charge in [-0.15, -0.1) is 0 Å². The molecule has 0 bridgehead atoms. The summed E-state index contributed by atoms with van der Waals surface area (Å²) in [6, 6.07) is 9.68. The average molecular weight is 388 g/mol. The van der Waals surface area contributed by atoms with Crippen LogP contribution in [0.3, 0.4) is 0 Å². The summed E-state index contributed by atoms with van der Waals surface area (Å²) in [6.45, 7) is 0. The smallest absolute Gasteiger partial charge is 0.292 e. The van der Waals surface area contributed by atoms with Crippen molar-refractivity contribution in [3.8, 4) is 11.5 Å². The summed E-state index contributed by atoms with van der Waals surface area (Å²) in [4.78, 5) is 10.1. The van der Waals surface area contributed by atoms with Gasteiger partial charge in [-0.3, -0.25) is 10.1 Å². The van der Waals surface area contributed by atoms with E-state index in [2.05, 4.69) is 31.9 Å². The predicted molar refractivity (Wildman–Crippen MR) is 79.4 cm³/mol. The summed E-state index contributed by atoms with van der Waals surface area (Å²) in [7, 11) is 0. The molecule has 5 nitrogen and oxygen atoms in total. The molecule has 0 saturated heterocycles. The molecular formula is C12H8Br2N2O3. The Morgan fingerprint density at radius 2 is 1.89 bits per heavy atom. The molecule has 0 atom stereocenters. The van der Waals surface area contributed by atoms with E-state index in [-0.39, 0.29) is 11.4 Å². The lowest BCUT2D eigenvalue weighted by Gasteiger charge is -2.08. The number of hydrogen-bond acceptors (Lipinski definition) is 4. The number of nitrogens with two attached hydrogens (primary N) is 1. The van der Waals surface area contributed by atoms with E-state index in [0.717, 1.165) is 8.95 Å². The van der Waals surface area contributed by atoms with Gasteiger partial charge in [0.05, 0.1) is 9.40 Å². The molecule has 0 spiro atoms. The Labute approximate surface area is 125 Å². The van der Waals surface area contributed by atoms with Gasteiger partial charge in [-0.1, -0.05) is 15.9 Å². The van der Waals surface area contributed by atoms with E-state index in [0.29, 0.717) is 11.5 Å². The number of nitro benzene ring substituents is 1. The molecule has 0 heterocycles. The van der Waals surface area contributed by atoms with Gasteiger partial charge in [0.1, 0.15) is 17.2 Å². The Morgan fingerprint density at radius 1 is 1.16 bits per heavy atom. The highest BCUT2D eigenvalue weighted by Crippen LogP contribution is 2.34. The molecule has 0 amide bonds. The van der Waals surface area contributed by atoms with Crippen molar-refractivity contribution in [3.05, 3.63) is 55.5 Å². The molecular weight excluding hydrogens is 380 g/mol. The second-order valence-corrected chi connectivity index (χ2v) is 5.42. The SMILES string of the molecule is Nc1cc(Oc2ccc(Br)cc2Br)ccc1[N+](=O)[O-]. The molecule has 7 heteroatoms. The molecule has 0 aliphatic heterocycles. The third-order valence-corrected chi connectivity index (χ3v) is 3.43. The fourth-order valence-corrected chi connectivity index (χ4v) is 2.58. The van der Waals surface area contributed by atoms with Crippen molar-refractivity contribution in [3.63, 3.8) is 0 Å². The maximum absolute atomic E-state index is 10.7. The van der Waals surface area contributed by atoms with Crippen molar-refractivity contribution in [2.45, 2.75) is 0 Å². The predicted octanol–water partition coefficient (Wildman–Crippen LogP) is 4.49. The van der Waals surface area contributed by atoms with Crippen LogP contribution in [0.25, 0.3) is 0 Å². The number of benzene rings is 2. The van der Waals surface area contributed by atoms with E-state index >= 15 is 0 Å². The van der Waals surface area contributed by atoms with Gasteiger partial charge >= 0.3 is 0 Å². The van der Waals surface area contributed by atoms with Crippen molar-refractivity contribution in [2.75, 3.05) is 5.73 Å². The van der Waals surface area contributed by atoms with Gasteiger partial charge in [-0.05, 0) is 40.2 Å². The number of rotatable bonds is 3. The van der Waals surface area contributed by atoms with Crippen LogP contribution < -0.4 is 10.5 Å². The Morgan fingerprint density at radius 3 is 2.47 bits per heavy atom. The number of halogens is 2. The average Bonchev–Trinajstić information content (AvgIpc) is 2.32. The van der Waals surface area contributed by atoms with Gasteiger partial charge in [0.25, 0.3) is 5.69 Å². The van der Waals surface area contributed by atoms with Gasteiger partial charge in [-0.2, -0.15) is 0 Å².